The number of carbonyl (C=O) groups excluding carboxylic acids is 1. The highest BCUT2D eigenvalue weighted by atomic mass is 16.7. The third kappa shape index (κ3) is 16.3. The molecule has 0 saturated heterocycles. The number of aromatic hydroxyl groups is 2. The number of aromatic nitrogens is 1. The molecule has 0 aliphatic rings. The zero-order valence-electron chi connectivity index (χ0n) is 19.3. The molecule has 0 fully saturated rings. The maximum Gasteiger partial charge on any atom is 0.335 e. The molecule has 12 heteroatoms. The Balaban J connectivity index is 1.74. The van der Waals surface area contributed by atoms with Crippen LogP contribution in [0, 0.1) is 0 Å². The summed E-state index contributed by atoms with van der Waals surface area (Å²) in [6, 6.07) is 2.40. The van der Waals surface area contributed by atoms with E-state index in [2.05, 4.69) is 0 Å². The average Bonchev–Trinajstić information content (AvgIpc) is 3.12. The predicted octanol–water partition coefficient (Wildman–Crippen LogP) is 0.381. The van der Waals surface area contributed by atoms with Crippen LogP contribution in [0.25, 0.3) is 0 Å². The van der Waals surface area contributed by atoms with E-state index in [1.807, 2.05) is 6.92 Å². The van der Waals surface area contributed by atoms with Crippen molar-refractivity contribution < 1.29 is 53.0 Å². The molecule has 0 aliphatic heterocycles. The van der Waals surface area contributed by atoms with E-state index in [0.29, 0.717) is 90.6 Å². The van der Waals surface area contributed by atoms with Gasteiger partial charge in [-0.3, -0.25) is 0 Å². The first-order chi connectivity index (χ1) is 16.1. The Bertz CT molecular complexity index is 577. The Labute approximate surface area is 194 Å². The molecule has 1 aromatic heterocycles. The van der Waals surface area contributed by atoms with Gasteiger partial charge in [-0.25, -0.2) is 4.79 Å². The smallest absolute Gasteiger partial charge is 0.335 e. The first-order valence-electron chi connectivity index (χ1n) is 11.0. The van der Waals surface area contributed by atoms with Crippen LogP contribution < -0.4 is 4.84 Å². The van der Waals surface area contributed by atoms with Crippen LogP contribution in [0.2, 0.25) is 0 Å². The lowest BCUT2D eigenvalue weighted by atomic mass is 10.5. The molecule has 0 unspecified atom stereocenters. The molecule has 0 atom stereocenters. The summed E-state index contributed by atoms with van der Waals surface area (Å²) in [4.78, 5) is 16.4. The fourth-order valence-electron chi connectivity index (χ4n) is 2.26. The van der Waals surface area contributed by atoms with Gasteiger partial charge in [0, 0.05) is 18.7 Å². The lowest BCUT2D eigenvalue weighted by Gasteiger charge is -2.08. The molecule has 0 aliphatic carbocycles. The highest BCUT2D eigenvalue weighted by Crippen LogP contribution is 2.18. The lowest BCUT2D eigenvalue weighted by Crippen LogP contribution is -2.20. The summed E-state index contributed by atoms with van der Waals surface area (Å²) in [5.41, 5.74) is 0. The minimum atomic E-state index is -0.651. The monoisotopic (exact) mass is 479 g/mol. The molecule has 0 amide bonds. The second-order valence-corrected chi connectivity index (χ2v) is 6.43. The van der Waals surface area contributed by atoms with Crippen molar-refractivity contribution in [3.63, 3.8) is 0 Å². The van der Waals surface area contributed by atoms with E-state index in [0.717, 1.165) is 0 Å². The number of ether oxygens (including phenoxy) is 7. The molecule has 12 nitrogen and oxygen atoms in total. The van der Waals surface area contributed by atoms with Crippen molar-refractivity contribution in [3.05, 3.63) is 12.1 Å². The van der Waals surface area contributed by atoms with Crippen molar-refractivity contribution in [2.24, 2.45) is 0 Å². The van der Waals surface area contributed by atoms with Crippen molar-refractivity contribution in [1.82, 2.24) is 4.73 Å². The molecule has 33 heavy (non-hydrogen) atoms. The first kappa shape index (κ1) is 29.1. The number of rotatable bonds is 23. The lowest BCUT2D eigenvalue weighted by molar-refractivity contribution is -0.146. The van der Waals surface area contributed by atoms with Gasteiger partial charge in [-0.05, 0) is 6.92 Å². The minimum absolute atomic E-state index is 0.0343. The summed E-state index contributed by atoms with van der Waals surface area (Å²) >= 11 is 0. The van der Waals surface area contributed by atoms with Gasteiger partial charge in [0.15, 0.2) is 0 Å². The molecule has 1 aromatic rings. The Hall–Kier alpha value is -1.93. The van der Waals surface area contributed by atoms with Crippen LogP contribution in [0.5, 0.6) is 11.8 Å². The summed E-state index contributed by atoms with van der Waals surface area (Å²) in [5.74, 6) is -1.39. The van der Waals surface area contributed by atoms with E-state index in [9.17, 15) is 15.0 Å². The van der Waals surface area contributed by atoms with Gasteiger partial charge in [0.1, 0.15) is 0 Å². The normalized spacial score (nSPS) is 11.2. The summed E-state index contributed by atoms with van der Waals surface area (Å²) in [7, 11) is 0. The quantitative estimate of drug-likeness (QED) is 0.211. The number of hydrogen-bond acceptors (Lipinski definition) is 11. The molecule has 192 valence electrons. The molecule has 1 rings (SSSR count). The van der Waals surface area contributed by atoms with E-state index in [4.69, 9.17) is 38.0 Å². The molecule has 0 aromatic carbocycles. The third-order valence-electron chi connectivity index (χ3n) is 3.88. The largest absolute Gasteiger partial charge is 0.492 e. The van der Waals surface area contributed by atoms with Gasteiger partial charge in [0.05, 0.1) is 92.3 Å². The van der Waals surface area contributed by atoms with E-state index >= 15 is 0 Å². The molecule has 1 heterocycles. The van der Waals surface area contributed by atoms with Crippen LogP contribution in [0.15, 0.2) is 12.1 Å². The standard InChI is InChI=1S/C21H37NO11/c1-2-26-7-8-28-11-12-30-15-16-32-18-17-31-14-13-29-10-9-27-6-5-21(25)33-22-19(23)3-4-20(22)24/h3-4,23-24H,2,5-18H2,1H3. The molecule has 0 saturated carbocycles. The molecular weight excluding hydrogens is 442 g/mol. The maximum atomic E-state index is 11.6. The average molecular weight is 480 g/mol. The fourth-order valence-corrected chi connectivity index (χ4v) is 2.26. The topological polar surface area (TPSA) is 136 Å². The van der Waals surface area contributed by atoms with Crippen LogP contribution >= 0.6 is 0 Å². The number of carbonyl (C=O) groups is 1. The van der Waals surface area contributed by atoms with Gasteiger partial charge in [-0.15, -0.1) is 4.73 Å². The molecular formula is C21H37NO11. The zero-order chi connectivity index (χ0) is 24.0. The highest BCUT2D eigenvalue weighted by Gasteiger charge is 2.11. The Kier molecular flexibility index (Phi) is 18.2. The molecule has 0 bridgehead atoms. The molecule has 0 radical (unpaired) electrons. The third-order valence-corrected chi connectivity index (χ3v) is 3.88. The van der Waals surface area contributed by atoms with Crippen LogP contribution in [0.4, 0.5) is 0 Å². The van der Waals surface area contributed by atoms with Gasteiger partial charge in [-0.1, -0.05) is 0 Å². The van der Waals surface area contributed by atoms with Gasteiger partial charge >= 0.3 is 5.97 Å². The summed E-state index contributed by atoms with van der Waals surface area (Å²) < 4.78 is 37.9. The van der Waals surface area contributed by atoms with Crippen molar-refractivity contribution >= 4 is 5.97 Å². The molecule has 0 spiro atoms. The SMILES string of the molecule is CCOCCOCCOCCOCCOCCOCCOCCC(=O)On1c(O)ccc1O. The highest BCUT2D eigenvalue weighted by molar-refractivity contribution is 5.70. The van der Waals surface area contributed by atoms with E-state index < -0.39 is 5.97 Å². The van der Waals surface area contributed by atoms with E-state index in [1.165, 1.54) is 12.1 Å². The van der Waals surface area contributed by atoms with Gasteiger partial charge in [-0.2, -0.15) is 0 Å². The van der Waals surface area contributed by atoms with Crippen LogP contribution in [-0.4, -0.2) is 113 Å². The van der Waals surface area contributed by atoms with Crippen molar-refractivity contribution in [1.29, 1.82) is 0 Å². The van der Waals surface area contributed by atoms with E-state index in [1.54, 1.807) is 0 Å². The minimum Gasteiger partial charge on any atom is -0.492 e. The first-order valence-corrected chi connectivity index (χ1v) is 11.0. The Morgan fingerprint density at radius 1 is 0.636 bits per heavy atom. The zero-order valence-corrected chi connectivity index (χ0v) is 19.3. The van der Waals surface area contributed by atoms with Crippen LogP contribution in [0.3, 0.4) is 0 Å². The van der Waals surface area contributed by atoms with Crippen molar-refractivity contribution in [2.75, 3.05) is 92.5 Å². The van der Waals surface area contributed by atoms with E-state index in [-0.39, 0.29) is 24.8 Å². The predicted molar refractivity (Wildman–Crippen MR) is 115 cm³/mol. The second kappa shape index (κ2) is 20.7. The van der Waals surface area contributed by atoms with Crippen molar-refractivity contribution in [2.45, 2.75) is 13.3 Å². The fraction of sp³-hybridized carbons (Fsp3) is 0.762. The van der Waals surface area contributed by atoms with Gasteiger partial charge in [0.25, 0.3) is 0 Å². The summed E-state index contributed by atoms with van der Waals surface area (Å²) in [6.07, 6.45) is -0.0343. The van der Waals surface area contributed by atoms with Crippen LogP contribution in [-0.2, 0) is 38.0 Å². The maximum absolute atomic E-state index is 11.6. The second-order valence-electron chi connectivity index (χ2n) is 6.43. The summed E-state index contributed by atoms with van der Waals surface area (Å²) in [6.45, 7) is 8.51. The van der Waals surface area contributed by atoms with Crippen molar-refractivity contribution in [3.8, 4) is 11.8 Å². The molecule has 2 N–H and O–H groups in total. The number of hydrogen-bond donors (Lipinski definition) is 2. The van der Waals surface area contributed by atoms with Gasteiger partial charge < -0.3 is 48.2 Å². The Morgan fingerprint density at radius 2 is 0.970 bits per heavy atom. The summed E-state index contributed by atoms with van der Waals surface area (Å²) in [5, 5.41) is 18.8. The Morgan fingerprint density at radius 3 is 1.33 bits per heavy atom. The number of nitrogens with zero attached hydrogens (tertiary/aromatic N) is 1. The van der Waals surface area contributed by atoms with Gasteiger partial charge in [0.2, 0.25) is 11.8 Å². The van der Waals surface area contributed by atoms with Crippen LogP contribution in [0.1, 0.15) is 13.3 Å².